The van der Waals surface area contributed by atoms with Gasteiger partial charge >= 0.3 is 5.82 Å². The average Bonchev–Trinajstić information content (AvgIpc) is 3.03. The molecule has 12 heteroatoms. The van der Waals surface area contributed by atoms with Gasteiger partial charge in [0, 0.05) is 45.3 Å². The highest BCUT2D eigenvalue weighted by Gasteiger charge is 2.30. The molecular weight excluding hydrogens is 400 g/mol. The van der Waals surface area contributed by atoms with Gasteiger partial charge in [0.05, 0.1) is 4.90 Å². The topological polar surface area (TPSA) is 148 Å². The van der Waals surface area contributed by atoms with E-state index in [4.69, 9.17) is 5.73 Å². The summed E-state index contributed by atoms with van der Waals surface area (Å²) in [5.41, 5.74) is 6.11. The number of hydrogen-bond acceptors (Lipinski definition) is 8. The molecule has 0 bridgehead atoms. The Hall–Kier alpha value is -2.54. The fourth-order valence-electron chi connectivity index (χ4n) is 3.34. The molecule has 1 aromatic carbocycles. The number of β-amino-alcohol motifs (C(OH)–C–C–N with tert-alkyl or cyclic N) is 1. The number of nitrogen functional groups attached to an aromatic ring is 1. The normalized spacial score (nSPS) is 17.3. The van der Waals surface area contributed by atoms with Crippen LogP contribution >= 0.6 is 0 Å². The first-order valence-electron chi connectivity index (χ1n) is 9.11. The van der Waals surface area contributed by atoms with E-state index >= 15 is 0 Å². The number of rotatable bonds is 7. The Balaban J connectivity index is 1.56. The highest BCUT2D eigenvalue weighted by molar-refractivity contribution is 7.89. The summed E-state index contributed by atoms with van der Waals surface area (Å²) in [6.07, 6.45) is 0.324. The molecule has 0 amide bonds. The van der Waals surface area contributed by atoms with Crippen LogP contribution in [0, 0.1) is 17.0 Å². The maximum absolute atomic E-state index is 12.7. The molecule has 1 aliphatic heterocycles. The average molecular weight is 424 g/mol. The van der Waals surface area contributed by atoms with E-state index in [0.717, 1.165) is 0 Å². The van der Waals surface area contributed by atoms with Crippen molar-refractivity contribution in [2.24, 2.45) is 0 Å². The van der Waals surface area contributed by atoms with Crippen LogP contribution in [0.25, 0.3) is 0 Å². The lowest BCUT2D eigenvalue weighted by Crippen LogP contribution is -2.50. The summed E-state index contributed by atoms with van der Waals surface area (Å²) in [5.74, 6) is 0.288. The number of benzene rings is 1. The lowest BCUT2D eigenvalue weighted by atomic mass is 10.2. The van der Waals surface area contributed by atoms with Gasteiger partial charge in [-0.15, -0.1) is 0 Å². The fourth-order valence-corrected chi connectivity index (χ4v) is 4.76. The van der Waals surface area contributed by atoms with Crippen LogP contribution in [-0.4, -0.2) is 76.0 Å². The van der Waals surface area contributed by atoms with Crippen molar-refractivity contribution in [2.45, 2.75) is 24.5 Å². The Morgan fingerprint density at radius 3 is 2.41 bits per heavy atom. The Labute approximate surface area is 168 Å². The maximum Gasteiger partial charge on any atom is 0.342 e. The predicted molar refractivity (Wildman–Crippen MR) is 106 cm³/mol. The second-order valence-corrected chi connectivity index (χ2v) is 8.90. The van der Waals surface area contributed by atoms with Crippen molar-refractivity contribution in [1.29, 1.82) is 0 Å². The van der Waals surface area contributed by atoms with Crippen molar-refractivity contribution in [3.63, 3.8) is 0 Å². The Morgan fingerprint density at radius 1 is 1.21 bits per heavy atom. The standard InChI is InChI=1S/C17H24N6O5S/c1-13-19-10-17(23(25)26)22(13)12-15(24)11-20-6-8-21(9-7-20)29(27,28)16-4-2-14(18)3-5-16/h2-5,10,15,24H,6-9,11-12,18H2,1H3. The number of anilines is 1. The molecule has 29 heavy (non-hydrogen) atoms. The summed E-state index contributed by atoms with van der Waals surface area (Å²) in [7, 11) is -3.59. The minimum absolute atomic E-state index is 0.0477. The Bertz CT molecular complexity index is 967. The molecule has 11 nitrogen and oxygen atoms in total. The summed E-state index contributed by atoms with van der Waals surface area (Å²) in [6, 6.07) is 6.08. The minimum Gasteiger partial charge on any atom is -0.399 e. The molecule has 158 valence electrons. The Morgan fingerprint density at radius 2 is 1.83 bits per heavy atom. The van der Waals surface area contributed by atoms with E-state index in [1.165, 1.54) is 27.2 Å². The largest absolute Gasteiger partial charge is 0.399 e. The number of nitrogens with zero attached hydrogens (tertiary/aromatic N) is 5. The van der Waals surface area contributed by atoms with Gasteiger partial charge in [0.15, 0.2) is 5.82 Å². The third-order valence-electron chi connectivity index (χ3n) is 4.93. The smallest absolute Gasteiger partial charge is 0.342 e. The van der Waals surface area contributed by atoms with E-state index in [1.807, 2.05) is 4.90 Å². The van der Waals surface area contributed by atoms with Crippen LogP contribution < -0.4 is 5.73 Å². The van der Waals surface area contributed by atoms with Crippen LogP contribution in [0.15, 0.2) is 35.4 Å². The molecule has 3 rings (SSSR count). The van der Waals surface area contributed by atoms with E-state index in [2.05, 4.69) is 4.98 Å². The Kier molecular flexibility index (Phi) is 6.17. The highest BCUT2D eigenvalue weighted by Crippen LogP contribution is 2.19. The number of imidazole rings is 1. The molecule has 1 atom stereocenters. The van der Waals surface area contributed by atoms with Crippen molar-refractivity contribution in [2.75, 3.05) is 38.5 Å². The van der Waals surface area contributed by atoms with Gasteiger partial charge in [-0.25, -0.2) is 18.0 Å². The number of aryl methyl sites for hydroxylation is 1. The zero-order valence-corrected chi connectivity index (χ0v) is 16.8. The first-order valence-corrected chi connectivity index (χ1v) is 10.5. The van der Waals surface area contributed by atoms with Crippen molar-refractivity contribution < 1.29 is 18.4 Å². The predicted octanol–water partition coefficient (Wildman–Crippen LogP) is 0.0493. The van der Waals surface area contributed by atoms with Gasteiger partial charge < -0.3 is 21.0 Å². The van der Waals surface area contributed by atoms with E-state index < -0.39 is 21.1 Å². The van der Waals surface area contributed by atoms with Gasteiger partial charge in [-0.3, -0.25) is 4.90 Å². The molecule has 1 saturated heterocycles. The first kappa shape index (κ1) is 21.2. The van der Waals surface area contributed by atoms with Gasteiger partial charge in [0.25, 0.3) is 0 Å². The summed E-state index contributed by atoms with van der Waals surface area (Å²) in [6.45, 7) is 3.47. The van der Waals surface area contributed by atoms with Gasteiger partial charge in [-0.2, -0.15) is 4.31 Å². The van der Waals surface area contributed by atoms with Crippen molar-refractivity contribution in [3.8, 4) is 0 Å². The molecule has 2 heterocycles. The molecule has 0 saturated carbocycles. The number of hydrogen-bond donors (Lipinski definition) is 2. The molecule has 2 aromatic rings. The first-order chi connectivity index (χ1) is 13.7. The summed E-state index contributed by atoms with van der Waals surface area (Å²) >= 11 is 0. The molecule has 1 fully saturated rings. The number of piperazine rings is 1. The van der Waals surface area contributed by atoms with E-state index in [-0.39, 0.29) is 23.8 Å². The third kappa shape index (κ3) is 4.72. The lowest BCUT2D eigenvalue weighted by Gasteiger charge is -2.34. The fraction of sp³-hybridized carbons (Fsp3) is 0.471. The van der Waals surface area contributed by atoms with Crippen molar-refractivity contribution >= 4 is 21.5 Å². The van der Waals surface area contributed by atoms with Gasteiger partial charge in [-0.05, 0) is 29.2 Å². The number of aliphatic hydroxyl groups excluding tert-OH is 1. The van der Waals surface area contributed by atoms with Crippen LogP contribution in [0.1, 0.15) is 5.82 Å². The summed E-state index contributed by atoms with van der Waals surface area (Å²) in [4.78, 5) is 16.6. The van der Waals surface area contributed by atoms with E-state index in [0.29, 0.717) is 37.7 Å². The second-order valence-electron chi connectivity index (χ2n) is 6.96. The highest BCUT2D eigenvalue weighted by atomic mass is 32.2. The van der Waals surface area contributed by atoms with Crippen LogP contribution in [-0.2, 0) is 16.6 Å². The van der Waals surface area contributed by atoms with Crippen LogP contribution in [0.5, 0.6) is 0 Å². The molecule has 1 unspecified atom stereocenters. The third-order valence-corrected chi connectivity index (χ3v) is 6.85. The zero-order chi connectivity index (χ0) is 21.2. The SMILES string of the molecule is Cc1ncc([N+](=O)[O-])n1CC(O)CN1CCN(S(=O)(=O)c2ccc(N)cc2)CC1. The van der Waals surface area contributed by atoms with Crippen LogP contribution in [0.4, 0.5) is 11.5 Å². The van der Waals surface area contributed by atoms with E-state index in [9.17, 15) is 23.6 Å². The van der Waals surface area contributed by atoms with Gasteiger partial charge in [0.2, 0.25) is 10.0 Å². The molecule has 0 aliphatic carbocycles. The molecule has 0 spiro atoms. The van der Waals surface area contributed by atoms with Crippen LogP contribution in [0.3, 0.4) is 0 Å². The van der Waals surface area contributed by atoms with E-state index in [1.54, 1.807) is 19.1 Å². The summed E-state index contributed by atoms with van der Waals surface area (Å²) < 4.78 is 28.2. The van der Waals surface area contributed by atoms with Crippen LogP contribution in [0.2, 0.25) is 0 Å². The number of aliphatic hydroxyl groups is 1. The number of aromatic nitrogens is 2. The monoisotopic (exact) mass is 424 g/mol. The van der Waals surface area contributed by atoms with Crippen molar-refractivity contribution in [1.82, 2.24) is 18.8 Å². The van der Waals surface area contributed by atoms with Crippen molar-refractivity contribution in [3.05, 3.63) is 46.4 Å². The quantitative estimate of drug-likeness (QED) is 0.360. The molecule has 3 N–H and O–H groups in total. The van der Waals surface area contributed by atoms with Gasteiger partial charge in [-0.1, -0.05) is 0 Å². The molecule has 1 aromatic heterocycles. The zero-order valence-electron chi connectivity index (χ0n) is 16.0. The second kappa shape index (κ2) is 8.45. The molecule has 0 radical (unpaired) electrons. The number of nitro groups is 1. The molecule has 1 aliphatic rings. The minimum atomic E-state index is -3.59. The summed E-state index contributed by atoms with van der Waals surface area (Å²) in [5, 5.41) is 21.4. The molecular formula is C17H24N6O5S. The van der Waals surface area contributed by atoms with Gasteiger partial charge in [0.1, 0.15) is 18.8 Å². The lowest BCUT2D eigenvalue weighted by molar-refractivity contribution is -0.392. The maximum atomic E-state index is 12.7. The number of nitrogens with two attached hydrogens (primary N) is 1. The number of sulfonamides is 1.